The molecular weight excluding hydrogens is 539 g/mol. The molecule has 1 aromatic carbocycles. The lowest BCUT2D eigenvalue weighted by Gasteiger charge is -2.27. The van der Waals surface area contributed by atoms with E-state index in [2.05, 4.69) is 34.9 Å². The zero-order valence-corrected chi connectivity index (χ0v) is 21.6. The molecule has 4 rings (SSSR count). The monoisotopic (exact) mass is 572 g/mol. The van der Waals surface area contributed by atoms with Crippen molar-refractivity contribution in [2.75, 3.05) is 25.9 Å². The fourth-order valence-corrected chi connectivity index (χ4v) is 5.73. The molecule has 2 aliphatic rings. The van der Waals surface area contributed by atoms with Gasteiger partial charge in [0.1, 0.15) is 5.76 Å². The number of nitrogens with one attached hydrogen (secondary N) is 2. The lowest BCUT2D eigenvalue weighted by atomic mass is 9.88. The standard InChI is InChI=1S/C23H32N4O3S.HI/c1-31(28,29)27-14-4-8-21(27)17-25-23(24-13-12-22-9-5-15-30-22)26-20-11-10-18-6-2-3-7-19(18)16-20;/h2-3,5-7,9,15,20-21H,4,8,10-14,16-17H2,1H3,(H2,24,25,26);1H/t20?,21-;/m1./s1. The van der Waals surface area contributed by atoms with Gasteiger partial charge in [-0.1, -0.05) is 24.3 Å². The Balaban J connectivity index is 0.00000289. The van der Waals surface area contributed by atoms with Crippen LogP contribution >= 0.6 is 24.0 Å². The van der Waals surface area contributed by atoms with Gasteiger partial charge in [0.05, 0.1) is 19.1 Å². The van der Waals surface area contributed by atoms with E-state index in [4.69, 9.17) is 9.41 Å². The van der Waals surface area contributed by atoms with E-state index < -0.39 is 10.0 Å². The van der Waals surface area contributed by atoms with Gasteiger partial charge >= 0.3 is 0 Å². The minimum absolute atomic E-state index is 0. The number of nitrogens with zero attached hydrogens (tertiary/aromatic N) is 2. The maximum absolute atomic E-state index is 12.1. The van der Waals surface area contributed by atoms with Crippen LogP contribution in [0.15, 0.2) is 52.1 Å². The number of sulfonamides is 1. The maximum atomic E-state index is 12.1. The summed E-state index contributed by atoms with van der Waals surface area (Å²) in [4.78, 5) is 4.80. The van der Waals surface area contributed by atoms with Gasteiger partial charge in [-0.15, -0.1) is 24.0 Å². The Labute approximate surface area is 208 Å². The van der Waals surface area contributed by atoms with Crippen LogP contribution in [0.1, 0.15) is 36.1 Å². The van der Waals surface area contributed by atoms with E-state index in [9.17, 15) is 8.42 Å². The number of halogens is 1. The summed E-state index contributed by atoms with van der Waals surface area (Å²) in [5.41, 5.74) is 2.82. The summed E-state index contributed by atoms with van der Waals surface area (Å²) >= 11 is 0. The summed E-state index contributed by atoms with van der Waals surface area (Å²) in [5.74, 6) is 1.67. The second kappa shape index (κ2) is 11.5. The van der Waals surface area contributed by atoms with Crippen molar-refractivity contribution in [2.24, 2.45) is 4.99 Å². The SMILES string of the molecule is CS(=O)(=O)N1CCC[C@@H]1CN=C(NCCc1ccco1)NC1CCc2ccccc2C1.I. The van der Waals surface area contributed by atoms with Crippen molar-refractivity contribution < 1.29 is 12.8 Å². The Morgan fingerprint density at radius 3 is 2.75 bits per heavy atom. The molecule has 1 unspecified atom stereocenters. The first kappa shape index (κ1) is 25.0. The molecule has 2 atom stereocenters. The average Bonchev–Trinajstić information content (AvgIpc) is 3.43. The predicted octanol–water partition coefficient (Wildman–Crippen LogP) is 2.96. The quantitative estimate of drug-likeness (QED) is 0.303. The predicted molar refractivity (Wildman–Crippen MR) is 138 cm³/mol. The number of benzene rings is 1. The number of aliphatic imine (C=N–C) groups is 1. The van der Waals surface area contributed by atoms with E-state index in [0.717, 1.165) is 50.2 Å². The molecule has 1 fully saturated rings. The van der Waals surface area contributed by atoms with E-state index in [1.54, 1.807) is 10.6 Å². The maximum Gasteiger partial charge on any atom is 0.211 e. The summed E-state index contributed by atoms with van der Waals surface area (Å²) in [6, 6.07) is 12.7. The summed E-state index contributed by atoms with van der Waals surface area (Å²) in [6.45, 7) is 1.75. The van der Waals surface area contributed by atoms with Crippen LogP contribution in [0.3, 0.4) is 0 Å². The number of hydrogen-bond donors (Lipinski definition) is 2. The first-order chi connectivity index (χ1) is 15.0. The van der Waals surface area contributed by atoms with Gasteiger partial charge in [0, 0.05) is 31.6 Å². The minimum atomic E-state index is -3.20. The van der Waals surface area contributed by atoms with Crippen LogP contribution < -0.4 is 10.6 Å². The molecule has 0 amide bonds. The second-order valence-corrected chi connectivity index (χ2v) is 10.4. The zero-order valence-electron chi connectivity index (χ0n) is 18.5. The lowest BCUT2D eigenvalue weighted by molar-refractivity contribution is 0.396. The molecular formula is C23H33IN4O3S. The molecule has 176 valence electrons. The van der Waals surface area contributed by atoms with Gasteiger partial charge in [0.15, 0.2) is 5.96 Å². The smallest absolute Gasteiger partial charge is 0.211 e. The Bertz CT molecular complexity index is 994. The topological polar surface area (TPSA) is 86.9 Å². The molecule has 7 nitrogen and oxygen atoms in total. The fourth-order valence-electron chi connectivity index (χ4n) is 4.55. The van der Waals surface area contributed by atoms with Crippen LogP contribution in [0.4, 0.5) is 0 Å². The second-order valence-electron chi connectivity index (χ2n) is 8.47. The summed E-state index contributed by atoms with van der Waals surface area (Å²) < 4.78 is 31.1. The van der Waals surface area contributed by atoms with Gasteiger partial charge in [0.2, 0.25) is 10.0 Å². The van der Waals surface area contributed by atoms with Crippen LogP contribution in [0, 0.1) is 0 Å². The molecule has 1 aromatic heterocycles. The van der Waals surface area contributed by atoms with Gasteiger partial charge in [-0.3, -0.25) is 4.99 Å². The molecule has 2 N–H and O–H groups in total. The summed E-state index contributed by atoms with van der Waals surface area (Å²) in [7, 11) is -3.20. The van der Waals surface area contributed by atoms with Crippen molar-refractivity contribution in [1.29, 1.82) is 0 Å². The molecule has 0 spiro atoms. The molecule has 0 saturated carbocycles. The lowest BCUT2D eigenvalue weighted by Crippen LogP contribution is -2.47. The Morgan fingerprint density at radius 2 is 2.00 bits per heavy atom. The normalized spacial score (nSPS) is 21.6. The molecule has 9 heteroatoms. The van der Waals surface area contributed by atoms with Crippen LogP contribution in [0.2, 0.25) is 0 Å². The molecule has 0 radical (unpaired) electrons. The van der Waals surface area contributed by atoms with E-state index in [1.165, 1.54) is 17.4 Å². The van der Waals surface area contributed by atoms with Crippen molar-refractivity contribution in [3.8, 4) is 0 Å². The molecule has 2 aromatic rings. The third-order valence-corrected chi connectivity index (χ3v) is 7.47. The third-order valence-electron chi connectivity index (χ3n) is 6.14. The highest BCUT2D eigenvalue weighted by Gasteiger charge is 2.31. The Morgan fingerprint density at radius 1 is 1.19 bits per heavy atom. The molecule has 1 saturated heterocycles. The minimum Gasteiger partial charge on any atom is -0.469 e. The largest absolute Gasteiger partial charge is 0.469 e. The Kier molecular flexibility index (Phi) is 9.01. The van der Waals surface area contributed by atoms with Crippen molar-refractivity contribution in [2.45, 2.75) is 50.6 Å². The highest BCUT2D eigenvalue weighted by atomic mass is 127. The highest BCUT2D eigenvalue weighted by molar-refractivity contribution is 14.0. The summed E-state index contributed by atoms with van der Waals surface area (Å²) in [6.07, 6.45) is 8.55. The van der Waals surface area contributed by atoms with E-state index in [1.807, 2.05) is 12.1 Å². The zero-order chi connectivity index (χ0) is 21.7. The van der Waals surface area contributed by atoms with Crippen molar-refractivity contribution in [3.63, 3.8) is 0 Å². The average molecular weight is 573 g/mol. The van der Waals surface area contributed by atoms with Crippen molar-refractivity contribution >= 4 is 40.0 Å². The van der Waals surface area contributed by atoms with Gasteiger partial charge in [-0.2, -0.15) is 4.31 Å². The number of rotatable bonds is 7. The van der Waals surface area contributed by atoms with E-state index >= 15 is 0 Å². The molecule has 1 aliphatic carbocycles. The molecule has 1 aliphatic heterocycles. The molecule has 32 heavy (non-hydrogen) atoms. The van der Waals surface area contributed by atoms with Crippen molar-refractivity contribution in [1.82, 2.24) is 14.9 Å². The number of furan rings is 1. The van der Waals surface area contributed by atoms with Crippen LogP contribution in [0.5, 0.6) is 0 Å². The van der Waals surface area contributed by atoms with Crippen LogP contribution in [-0.2, 0) is 29.3 Å². The van der Waals surface area contributed by atoms with Crippen molar-refractivity contribution in [3.05, 3.63) is 59.5 Å². The number of guanidine groups is 1. The number of hydrogen-bond acceptors (Lipinski definition) is 4. The summed E-state index contributed by atoms with van der Waals surface area (Å²) in [5, 5.41) is 7.01. The van der Waals surface area contributed by atoms with E-state index in [-0.39, 0.29) is 30.0 Å². The first-order valence-electron chi connectivity index (χ1n) is 11.1. The van der Waals surface area contributed by atoms with E-state index in [0.29, 0.717) is 25.7 Å². The first-order valence-corrected chi connectivity index (χ1v) is 12.9. The van der Waals surface area contributed by atoms with Gasteiger partial charge < -0.3 is 15.1 Å². The number of fused-ring (bicyclic) bond motifs is 1. The van der Waals surface area contributed by atoms with Gasteiger partial charge in [-0.25, -0.2) is 8.42 Å². The fraction of sp³-hybridized carbons (Fsp3) is 0.522. The van der Waals surface area contributed by atoms with Crippen LogP contribution in [-0.4, -0.2) is 56.7 Å². The Hall–Kier alpha value is -1.59. The van der Waals surface area contributed by atoms with Gasteiger partial charge in [0.25, 0.3) is 0 Å². The highest BCUT2D eigenvalue weighted by Crippen LogP contribution is 2.22. The molecule has 2 heterocycles. The molecule has 0 bridgehead atoms. The van der Waals surface area contributed by atoms with Gasteiger partial charge in [-0.05, 0) is 55.4 Å². The number of aryl methyl sites for hydroxylation is 1. The van der Waals surface area contributed by atoms with Crippen LogP contribution in [0.25, 0.3) is 0 Å². The third kappa shape index (κ3) is 6.71.